The summed E-state index contributed by atoms with van der Waals surface area (Å²) >= 11 is 0. The van der Waals surface area contributed by atoms with E-state index in [-0.39, 0.29) is 6.42 Å². The van der Waals surface area contributed by atoms with Gasteiger partial charge in [-0.2, -0.15) is 18.4 Å². The molecule has 0 spiro atoms. The van der Waals surface area contributed by atoms with Crippen LogP contribution in [-0.4, -0.2) is 29.8 Å². The lowest BCUT2D eigenvalue weighted by atomic mass is 10.3. The highest BCUT2D eigenvalue weighted by molar-refractivity contribution is 5.81. The first-order valence-electron chi connectivity index (χ1n) is 3.28. The first kappa shape index (κ1) is 11.7. The maximum absolute atomic E-state index is 11.5. The molecule has 1 amide bonds. The molecule has 0 unspecified atom stereocenters. The number of rotatable bonds is 3. The molecule has 7 heteroatoms. The average molecular weight is 196 g/mol. The molecule has 0 aromatic carbocycles. The molecule has 1 atom stereocenters. The monoisotopic (exact) mass is 196 g/mol. The summed E-state index contributed by atoms with van der Waals surface area (Å²) in [4.78, 5) is 10.1. The van der Waals surface area contributed by atoms with Crippen LogP contribution in [0.2, 0.25) is 0 Å². The van der Waals surface area contributed by atoms with E-state index in [1.807, 2.05) is 0 Å². The van der Waals surface area contributed by atoms with Gasteiger partial charge < -0.3 is 10.4 Å². The third-order valence-electron chi connectivity index (χ3n) is 1.08. The van der Waals surface area contributed by atoms with E-state index in [0.29, 0.717) is 0 Å². The molecule has 2 N–H and O–H groups in total. The van der Waals surface area contributed by atoms with Gasteiger partial charge in [0.2, 0.25) is 0 Å². The Kier molecular flexibility index (Phi) is 4.20. The van der Waals surface area contributed by atoms with Crippen molar-refractivity contribution < 1.29 is 23.1 Å². The minimum absolute atomic E-state index is 0.321. The molecule has 0 fully saturated rings. The zero-order valence-corrected chi connectivity index (χ0v) is 6.43. The predicted octanol–water partition coefficient (Wildman–Crippen LogP) is -0.0605. The molecule has 0 saturated carbocycles. The zero-order valence-electron chi connectivity index (χ0n) is 6.43. The molecule has 0 aromatic rings. The van der Waals surface area contributed by atoms with Crippen LogP contribution in [0.1, 0.15) is 6.42 Å². The summed E-state index contributed by atoms with van der Waals surface area (Å²) < 4.78 is 34.6. The fourth-order valence-corrected chi connectivity index (χ4v) is 0.488. The molecule has 0 aliphatic carbocycles. The lowest BCUT2D eigenvalue weighted by Crippen LogP contribution is -2.40. The predicted molar refractivity (Wildman–Crippen MR) is 35.3 cm³/mol. The molecule has 4 nitrogen and oxygen atoms in total. The summed E-state index contributed by atoms with van der Waals surface area (Å²) in [6, 6.07) is 1.55. The normalized spacial score (nSPS) is 13.2. The van der Waals surface area contributed by atoms with E-state index in [2.05, 4.69) is 0 Å². The molecule has 0 aliphatic heterocycles. The van der Waals surface area contributed by atoms with Crippen LogP contribution in [-0.2, 0) is 4.79 Å². The largest absolute Gasteiger partial charge is 0.471 e. The SMILES string of the molecule is N#CC[C@@H](O)CNC(=O)C(F)(F)F. The molecule has 0 rings (SSSR count). The van der Waals surface area contributed by atoms with E-state index in [1.165, 1.54) is 5.32 Å². The van der Waals surface area contributed by atoms with E-state index in [0.717, 1.165) is 0 Å². The molecule has 0 heterocycles. The van der Waals surface area contributed by atoms with Crippen LogP contribution in [0, 0.1) is 11.3 Å². The minimum Gasteiger partial charge on any atom is -0.390 e. The second kappa shape index (κ2) is 4.67. The zero-order chi connectivity index (χ0) is 10.5. The summed E-state index contributed by atoms with van der Waals surface area (Å²) in [5, 5.41) is 18.2. The van der Waals surface area contributed by atoms with Crippen molar-refractivity contribution in [2.24, 2.45) is 0 Å². The number of carbonyl (C=O) groups is 1. The van der Waals surface area contributed by atoms with Gasteiger partial charge in [0, 0.05) is 6.54 Å². The highest BCUT2D eigenvalue weighted by atomic mass is 19.4. The lowest BCUT2D eigenvalue weighted by Gasteiger charge is -2.09. The molecule has 0 saturated heterocycles. The molecule has 0 radical (unpaired) electrons. The number of hydrogen-bond donors (Lipinski definition) is 2. The van der Waals surface area contributed by atoms with E-state index >= 15 is 0 Å². The van der Waals surface area contributed by atoms with Crippen LogP contribution in [0.3, 0.4) is 0 Å². The van der Waals surface area contributed by atoms with Gasteiger partial charge in [0.05, 0.1) is 18.6 Å². The maximum atomic E-state index is 11.5. The van der Waals surface area contributed by atoms with Crippen LogP contribution in [0.4, 0.5) is 13.2 Å². The van der Waals surface area contributed by atoms with Crippen LogP contribution < -0.4 is 5.32 Å². The van der Waals surface area contributed by atoms with E-state index < -0.39 is 24.7 Å². The van der Waals surface area contributed by atoms with Crippen LogP contribution >= 0.6 is 0 Å². The van der Waals surface area contributed by atoms with Gasteiger partial charge in [-0.1, -0.05) is 0 Å². The van der Waals surface area contributed by atoms with Crippen molar-refractivity contribution >= 4 is 5.91 Å². The second-order valence-corrected chi connectivity index (χ2v) is 2.22. The summed E-state index contributed by atoms with van der Waals surface area (Å²) in [5.74, 6) is -2.12. The minimum atomic E-state index is -4.95. The van der Waals surface area contributed by atoms with Gasteiger partial charge in [-0.3, -0.25) is 4.79 Å². The van der Waals surface area contributed by atoms with Crippen LogP contribution in [0.25, 0.3) is 0 Å². The quantitative estimate of drug-likeness (QED) is 0.664. The number of nitriles is 1. The number of hydrogen-bond acceptors (Lipinski definition) is 3. The Bertz CT molecular complexity index is 221. The van der Waals surface area contributed by atoms with E-state index in [1.54, 1.807) is 6.07 Å². The van der Waals surface area contributed by atoms with Crippen LogP contribution in [0.15, 0.2) is 0 Å². The van der Waals surface area contributed by atoms with Gasteiger partial charge in [0.15, 0.2) is 0 Å². The van der Waals surface area contributed by atoms with Crippen LogP contribution in [0.5, 0.6) is 0 Å². The Morgan fingerprint density at radius 1 is 1.62 bits per heavy atom. The highest BCUT2D eigenvalue weighted by Crippen LogP contribution is 2.13. The van der Waals surface area contributed by atoms with Crippen molar-refractivity contribution in [1.29, 1.82) is 5.26 Å². The Hall–Kier alpha value is -1.29. The van der Waals surface area contributed by atoms with Crippen molar-refractivity contribution in [2.75, 3.05) is 6.54 Å². The molecule has 74 valence electrons. The number of halogens is 3. The standard InChI is InChI=1S/C6H7F3N2O2/c7-6(8,9)5(13)11-3-4(12)1-2-10/h4,12H,1,3H2,(H,11,13)/t4-/m1/s1. The van der Waals surface area contributed by atoms with Crippen molar-refractivity contribution in [1.82, 2.24) is 5.32 Å². The second-order valence-electron chi connectivity index (χ2n) is 2.22. The number of amides is 1. The Morgan fingerprint density at radius 3 is 2.54 bits per heavy atom. The molecule has 0 aliphatic rings. The molecular formula is C6H7F3N2O2. The number of carbonyl (C=O) groups excluding carboxylic acids is 1. The number of alkyl halides is 3. The van der Waals surface area contributed by atoms with Crippen molar-refractivity contribution in [2.45, 2.75) is 18.7 Å². The Balaban J connectivity index is 3.79. The first-order chi connectivity index (χ1) is 5.88. The van der Waals surface area contributed by atoms with Crippen molar-refractivity contribution in [3.63, 3.8) is 0 Å². The van der Waals surface area contributed by atoms with Gasteiger partial charge in [0.25, 0.3) is 0 Å². The third-order valence-corrected chi connectivity index (χ3v) is 1.08. The topological polar surface area (TPSA) is 73.1 Å². The highest BCUT2D eigenvalue weighted by Gasteiger charge is 2.38. The van der Waals surface area contributed by atoms with Crippen molar-refractivity contribution in [3.05, 3.63) is 0 Å². The van der Waals surface area contributed by atoms with Gasteiger partial charge in [-0.25, -0.2) is 0 Å². The smallest absolute Gasteiger partial charge is 0.390 e. The Morgan fingerprint density at radius 2 is 2.15 bits per heavy atom. The van der Waals surface area contributed by atoms with Crippen molar-refractivity contribution in [3.8, 4) is 6.07 Å². The molecular weight excluding hydrogens is 189 g/mol. The van der Waals surface area contributed by atoms with Gasteiger partial charge in [-0.05, 0) is 0 Å². The summed E-state index contributed by atoms with van der Waals surface area (Å²) in [6.45, 7) is -0.577. The molecule has 0 bridgehead atoms. The number of nitrogens with zero attached hydrogens (tertiary/aromatic N) is 1. The number of nitrogens with one attached hydrogen (secondary N) is 1. The number of aliphatic hydroxyl groups excluding tert-OH is 1. The summed E-state index contributed by atoms with van der Waals surface area (Å²) in [5.41, 5.74) is 0. The first-order valence-corrected chi connectivity index (χ1v) is 3.28. The van der Waals surface area contributed by atoms with Gasteiger partial charge in [0.1, 0.15) is 0 Å². The van der Waals surface area contributed by atoms with Gasteiger partial charge >= 0.3 is 12.1 Å². The summed E-state index contributed by atoms with van der Waals surface area (Å²) in [6.07, 6.45) is -6.54. The molecule has 13 heavy (non-hydrogen) atoms. The maximum Gasteiger partial charge on any atom is 0.471 e. The molecule has 0 aromatic heterocycles. The van der Waals surface area contributed by atoms with E-state index in [4.69, 9.17) is 10.4 Å². The van der Waals surface area contributed by atoms with Gasteiger partial charge in [-0.15, -0.1) is 0 Å². The Labute approximate surface area is 72.0 Å². The third kappa shape index (κ3) is 5.03. The lowest BCUT2D eigenvalue weighted by molar-refractivity contribution is -0.173. The van der Waals surface area contributed by atoms with E-state index in [9.17, 15) is 18.0 Å². The fraction of sp³-hybridized carbons (Fsp3) is 0.667. The number of aliphatic hydroxyl groups is 1. The average Bonchev–Trinajstić information content (AvgIpc) is 1.99. The fourth-order valence-electron chi connectivity index (χ4n) is 0.488. The summed E-state index contributed by atoms with van der Waals surface area (Å²) in [7, 11) is 0.